The summed E-state index contributed by atoms with van der Waals surface area (Å²) >= 11 is 0. The second-order valence-corrected chi connectivity index (χ2v) is 5.90. The van der Waals surface area contributed by atoms with Crippen molar-refractivity contribution in [3.63, 3.8) is 0 Å². The summed E-state index contributed by atoms with van der Waals surface area (Å²) in [4.78, 5) is 11.5. The van der Waals surface area contributed by atoms with Gasteiger partial charge >= 0.3 is 31.1 Å². The average molecular weight is 522 g/mol. The topological polar surface area (TPSA) is 50.4 Å². The Kier molecular flexibility index (Phi) is 18.5. The minimum Gasteiger partial charge on any atom is -0.412 e. The van der Waals surface area contributed by atoms with E-state index >= 15 is 0 Å². The molecule has 0 unspecified atom stereocenters. The van der Waals surface area contributed by atoms with Gasteiger partial charge in [0.1, 0.15) is 0 Å². The molecule has 5 heteroatoms. The van der Waals surface area contributed by atoms with Crippen LogP contribution >= 0.6 is 0 Å². The maximum Gasteiger partial charge on any atom is 2.00 e. The fraction of sp³-hybridized carbons (Fsp3) is 0.688. The number of hydrogen-bond donors (Lipinski definition) is 2. The molecule has 2 N–H and O–H groups in total. The molecule has 0 rings (SSSR count). The predicted octanol–water partition coefficient (Wildman–Crippen LogP) is 2.93. The van der Waals surface area contributed by atoms with Gasteiger partial charge in [-0.3, -0.25) is 4.79 Å². The van der Waals surface area contributed by atoms with Gasteiger partial charge < -0.3 is 29.2 Å². The first-order valence-corrected chi connectivity index (χ1v) is 7.05. The van der Waals surface area contributed by atoms with Crippen LogP contribution in [0, 0.1) is 56.3 Å². The Morgan fingerprint density at radius 2 is 1.76 bits per heavy atom. The van der Waals surface area contributed by atoms with Crippen molar-refractivity contribution in [2.45, 2.75) is 41.0 Å². The third kappa shape index (κ3) is 20.0. The number of ether oxygens (including phenoxy) is 1. The first-order valence-electron chi connectivity index (χ1n) is 7.05. The normalized spacial score (nSPS) is 10.1. The van der Waals surface area contributed by atoms with Crippen molar-refractivity contribution in [2.24, 2.45) is 11.3 Å². The number of amides is 1. The van der Waals surface area contributed by atoms with E-state index in [0.717, 1.165) is 12.3 Å². The summed E-state index contributed by atoms with van der Waals surface area (Å²) in [5.41, 5.74) is -0.408. The van der Waals surface area contributed by atoms with Crippen LogP contribution in [0.5, 0.6) is 0 Å². The minimum atomic E-state index is -0.408. The zero-order valence-corrected chi connectivity index (χ0v) is 18.5. The van der Waals surface area contributed by atoms with Crippen molar-refractivity contribution < 1.29 is 40.6 Å². The molecule has 0 atom stereocenters. The molecule has 0 bridgehead atoms. The number of carbonyl (C=O) groups excluding carboxylic acids is 1. The van der Waals surface area contributed by atoms with Crippen LogP contribution in [0.3, 0.4) is 0 Å². The van der Waals surface area contributed by atoms with Crippen LogP contribution in [-0.4, -0.2) is 25.7 Å². The van der Waals surface area contributed by atoms with E-state index in [0.29, 0.717) is 25.6 Å². The molecule has 0 fully saturated rings. The van der Waals surface area contributed by atoms with E-state index in [1.54, 1.807) is 0 Å². The third-order valence-corrected chi connectivity index (χ3v) is 2.25. The Morgan fingerprint density at radius 3 is 2.10 bits per heavy atom. The Hall–Kier alpha value is 0.0219. The van der Waals surface area contributed by atoms with Crippen LogP contribution in [0.4, 0.5) is 0 Å². The van der Waals surface area contributed by atoms with Gasteiger partial charge in [0.25, 0.3) is 0 Å². The van der Waals surface area contributed by atoms with Crippen molar-refractivity contribution in [2.75, 3.05) is 19.8 Å². The molecule has 0 spiro atoms. The predicted molar refractivity (Wildman–Crippen MR) is 85.7 cm³/mol. The fourth-order valence-electron chi connectivity index (χ4n) is 0.745. The Labute approximate surface area is 155 Å². The van der Waals surface area contributed by atoms with Gasteiger partial charge in [-0.05, 0) is 0 Å². The Bertz CT molecular complexity index is 274. The maximum atomic E-state index is 11.5. The van der Waals surface area contributed by atoms with E-state index in [2.05, 4.69) is 44.9 Å². The van der Waals surface area contributed by atoms with E-state index < -0.39 is 5.41 Å². The van der Waals surface area contributed by atoms with Gasteiger partial charge in [0, 0.05) is 12.0 Å². The summed E-state index contributed by atoms with van der Waals surface area (Å²) in [5.74, 6) is 1.22. The summed E-state index contributed by atoms with van der Waals surface area (Å²) in [6.07, 6.45) is 1.06. The number of nitrogens with one attached hydrogen (secondary N) is 2. The molecule has 1 amide bonds. The van der Waals surface area contributed by atoms with Crippen LogP contribution in [0.15, 0.2) is 12.4 Å². The molecule has 122 valence electrons. The molecule has 0 aliphatic carbocycles. The van der Waals surface area contributed by atoms with Gasteiger partial charge in [-0.25, -0.2) is 0 Å². The average Bonchev–Trinajstić information content (AvgIpc) is 2.34. The molecular weight excluding hydrogens is 490 g/mol. The van der Waals surface area contributed by atoms with Crippen LogP contribution in [0.1, 0.15) is 41.0 Å². The molecule has 0 heterocycles. The summed E-state index contributed by atoms with van der Waals surface area (Å²) in [6.45, 7) is 22.4. The standard InChI is InChI=1S/C11H21N2O2.C5H11.U/c1-6-15-8-7-12-9(2)13-10(14)11(3,4)5;1-4-5(2)3;/h12H,1-2,6-8H2,3-5H3,(H,13,14);5H,1,4H2,2-3H3;/q2*-1;+2. The molecule has 0 aromatic heterocycles. The molecule has 0 aromatic carbocycles. The maximum absolute atomic E-state index is 11.5. The van der Waals surface area contributed by atoms with E-state index in [1.807, 2.05) is 20.8 Å². The van der Waals surface area contributed by atoms with Gasteiger partial charge in [0.05, 0.1) is 12.4 Å². The Morgan fingerprint density at radius 1 is 1.29 bits per heavy atom. The SMILES string of the molecule is C=C(NCCOC[CH2-])NC(=O)C(C)(C)C.[CH2-]CC(C)C.[U+2]. The summed E-state index contributed by atoms with van der Waals surface area (Å²) < 4.78 is 5.03. The molecular formula is C16H32N2O2U. The van der Waals surface area contributed by atoms with Gasteiger partial charge in [0.15, 0.2) is 0 Å². The molecule has 0 saturated heterocycles. The monoisotopic (exact) mass is 522 g/mol. The zero-order chi connectivity index (χ0) is 16.2. The molecule has 0 radical (unpaired) electrons. The largest absolute Gasteiger partial charge is 2.00 e. The summed E-state index contributed by atoms with van der Waals surface area (Å²) in [6, 6.07) is 0. The molecule has 0 aromatic rings. The second-order valence-electron chi connectivity index (χ2n) is 5.90. The summed E-state index contributed by atoms with van der Waals surface area (Å²) in [5, 5.41) is 5.62. The second kappa shape index (κ2) is 14.9. The van der Waals surface area contributed by atoms with E-state index in [1.165, 1.54) is 0 Å². The number of rotatable bonds is 7. The zero-order valence-electron chi connectivity index (χ0n) is 14.3. The van der Waals surface area contributed by atoms with Crippen LogP contribution in [0.2, 0.25) is 0 Å². The first-order chi connectivity index (χ1) is 9.15. The van der Waals surface area contributed by atoms with Gasteiger partial charge in [-0.1, -0.05) is 53.7 Å². The summed E-state index contributed by atoms with van der Waals surface area (Å²) in [7, 11) is 0. The van der Waals surface area contributed by atoms with Crippen molar-refractivity contribution in [1.29, 1.82) is 0 Å². The quantitative estimate of drug-likeness (QED) is 0.400. The molecule has 0 aliphatic rings. The van der Waals surface area contributed by atoms with Gasteiger partial charge in [-0.2, -0.15) is 6.42 Å². The van der Waals surface area contributed by atoms with E-state index in [-0.39, 0.29) is 37.0 Å². The number of carbonyl (C=O) groups is 1. The van der Waals surface area contributed by atoms with Crippen molar-refractivity contribution in [3.05, 3.63) is 26.2 Å². The fourth-order valence-corrected chi connectivity index (χ4v) is 0.745. The number of hydrogen-bond acceptors (Lipinski definition) is 3. The van der Waals surface area contributed by atoms with Crippen LogP contribution in [0.25, 0.3) is 0 Å². The van der Waals surface area contributed by atoms with Crippen LogP contribution in [-0.2, 0) is 9.53 Å². The molecule has 21 heavy (non-hydrogen) atoms. The minimum absolute atomic E-state index is 0. The Balaban J connectivity index is -0.000000465. The van der Waals surface area contributed by atoms with Gasteiger partial charge in [0.2, 0.25) is 5.91 Å². The van der Waals surface area contributed by atoms with E-state index in [4.69, 9.17) is 4.74 Å². The van der Waals surface area contributed by atoms with E-state index in [9.17, 15) is 4.79 Å². The molecule has 4 nitrogen and oxygen atoms in total. The smallest absolute Gasteiger partial charge is 0.412 e. The van der Waals surface area contributed by atoms with Crippen molar-refractivity contribution >= 4 is 5.91 Å². The van der Waals surface area contributed by atoms with Crippen molar-refractivity contribution in [3.8, 4) is 0 Å². The third-order valence-electron chi connectivity index (χ3n) is 2.25. The molecule has 0 saturated carbocycles. The van der Waals surface area contributed by atoms with Gasteiger partial charge in [-0.15, -0.1) is 0 Å². The van der Waals surface area contributed by atoms with Crippen molar-refractivity contribution in [1.82, 2.24) is 10.6 Å². The first kappa shape index (κ1) is 25.9. The molecule has 0 aliphatic heterocycles. The van der Waals surface area contributed by atoms with Crippen LogP contribution < -0.4 is 10.6 Å².